The molecule has 0 amide bonds. The van der Waals surface area contributed by atoms with Crippen molar-refractivity contribution in [2.24, 2.45) is 0 Å². The van der Waals surface area contributed by atoms with Crippen LogP contribution in [0.4, 0.5) is 0 Å². The molecule has 2 aromatic rings. The van der Waals surface area contributed by atoms with Gasteiger partial charge in [-0.05, 0) is 19.1 Å². The lowest BCUT2D eigenvalue weighted by atomic mass is 10.2. The summed E-state index contributed by atoms with van der Waals surface area (Å²) < 4.78 is 0. The number of hydrogen-bond acceptors (Lipinski definition) is 4. The Hall–Kier alpha value is -1.50. The van der Waals surface area contributed by atoms with Crippen LogP contribution < -0.4 is 21.0 Å². The highest BCUT2D eigenvalue weighted by Crippen LogP contribution is 2.26. The number of aliphatic hydroxyl groups is 2. The van der Waals surface area contributed by atoms with Crippen molar-refractivity contribution >= 4 is 19.2 Å². The summed E-state index contributed by atoms with van der Waals surface area (Å²) in [6, 6.07) is 22.0. The molecule has 2 rings (SSSR count). The smallest absolute Gasteiger partial charge is 0.108 e. The molecule has 0 spiro atoms. The van der Waals surface area contributed by atoms with E-state index < -0.39 is 8.80 Å². The Morgan fingerprint density at radius 3 is 1.22 bits per heavy atom. The molecule has 0 aromatic heterocycles. The number of nitrogens with one attached hydrogen (secondary N) is 2. The molecule has 0 atom stereocenters. The van der Waals surface area contributed by atoms with Gasteiger partial charge in [-0.15, -0.1) is 0 Å². The lowest BCUT2D eigenvalue weighted by Crippen LogP contribution is -2.48. The largest absolute Gasteiger partial charge is 0.395 e. The molecular weight excluding hydrogens is 352 g/mol. The molecule has 0 heterocycles. The van der Waals surface area contributed by atoms with E-state index in [9.17, 15) is 0 Å². The van der Waals surface area contributed by atoms with Crippen molar-refractivity contribution in [1.29, 1.82) is 0 Å². The highest BCUT2D eigenvalue weighted by atomic mass is 28.3. The van der Waals surface area contributed by atoms with E-state index in [1.54, 1.807) is 14.1 Å². The summed E-state index contributed by atoms with van der Waals surface area (Å²) in [4.78, 5) is 0. The molecule has 4 nitrogen and oxygen atoms in total. The van der Waals surface area contributed by atoms with Crippen LogP contribution in [-0.2, 0) is 0 Å². The topological polar surface area (TPSA) is 64.5 Å². The maximum atomic E-state index is 8.00. The Bertz CT molecular complexity index is 510. The molecule has 0 radical (unpaired) electrons. The Balaban J connectivity index is 0.000000563. The minimum atomic E-state index is -1.14. The van der Waals surface area contributed by atoms with Gasteiger partial charge >= 0.3 is 0 Å². The first-order valence-electron chi connectivity index (χ1n) is 9.53. The van der Waals surface area contributed by atoms with E-state index in [1.165, 1.54) is 10.4 Å². The maximum Gasteiger partial charge on any atom is 0.108 e. The molecule has 0 saturated carbocycles. The minimum Gasteiger partial charge on any atom is -0.395 e. The van der Waals surface area contributed by atoms with E-state index in [1.807, 2.05) is 0 Å². The minimum absolute atomic E-state index is 0.233. The Kier molecular flexibility index (Phi) is 14.7. The molecule has 4 N–H and O–H groups in total. The van der Waals surface area contributed by atoms with Crippen LogP contribution >= 0.6 is 0 Å². The number of aliphatic hydroxyl groups excluding tert-OH is 2. The summed E-state index contributed by atoms with van der Waals surface area (Å²) in [5, 5.41) is 25.0. The van der Waals surface area contributed by atoms with Gasteiger partial charge in [-0.2, -0.15) is 0 Å². The number of benzene rings is 2. The van der Waals surface area contributed by atoms with Gasteiger partial charge in [0.15, 0.2) is 0 Å². The molecule has 0 saturated heterocycles. The predicted octanol–water partition coefficient (Wildman–Crippen LogP) is 1.22. The van der Waals surface area contributed by atoms with Gasteiger partial charge in [0, 0.05) is 13.1 Å². The lowest BCUT2D eigenvalue weighted by Gasteiger charge is -2.30. The van der Waals surface area contributed by atoms with E-state index in [-0.39, 0.29) is 13.2 Å². The fourth-order valence-corrected chi connectivity index (χ4v) is 6.31. The fourth-order valence-electron chi connectivity index (χ4n) is 2.71. The molecule has 0 fully saturated rings. The van der Waals surface area contributed by atoms with Crippen molar-refractivity contribution in [3.8, 4) is 0 Å². The summed E-state index contributed by atoms with van der Waals surface area (Å²) in [6.07, 6.45) is 0. The second-order valence-corrected chi connectivity index (χ2v) is 11.2. The van der Waals surface area contributed by atoms with Gasteiger partial charge in [0.1, 0.15) is 8.80 Å². The van der Waals surface area contributed by atoms with Crippen molar-refractivity contribution < 1.29 is 10.2 Å². The quantitative estimate of drug-likeness (QED) is 0.560. The fraction of sp³-hybridized carbons (Fsp3) is 0.455. The third-order valence-corrected chi connectivity index (χ3v) is 7.69. The van der Waals surface area contributed by atoms with E-state index in [2.05, 4.69) is 92.1 Å². The third-order valence-electron chi connectivity index (χ3n) is 3.86. The molecule has 0 aliphatic rings. The van der Waals surface area contributed by atoms with Crippen LogP contribution in [0.1, 0.15) is 20.8 Å². The number of likely N-dealkylation sites (N-methyl/N-ethyl adjacent to an activating group) is 2. The van der Waals surface area contributed by atoms with E-state index >= 15 is 0 Å². The average Bonchev–Trinajstić information content (AvgIpc) is 2.65. The summed E-state index contributed by atoms with van der Waals surface area (Å²) in [5.41, 5.74) is 0. The van der Waals surface area contributed by atoms with Crippen LogP contribution in [-0.4, -0.2) is 59.4 Å². The third kappa shape index (κ3) is 11.7. The molecule has 0 aliphatic heterocycles. The van der Waals surface area contributed by atoms with Crippen molar-refractivity contribution in [3.63, 3.8) is 0 Å². The standard InChI is InChI=1S/C16H20Si.2C3H9NO/c1-16(2,3)17(14-10-6-4-7-11-14)15-12-8-5-9-13-15;2*1-4-2-3-5/h4-13,17H,1-3H3;2*4-5H,2-3H2,1H3. The van der Waals surface area contributed by atoms with Crippen LogP contribution in [0, 0.1) is 0 Å². The van der Waals surface area contributed by atoms with E-state index in [0.29, 0.717) is 18.1 Å². The van der Waals surface area contributed by atoms with Crippen LogP contribution in [0.5, 0.6) is 0 Å². The van der Waals surface area contributed by atoms with Crippen LogP contribution in [0.2, 0.25) is 5.04 Å². The summed E-state index contributed by atoms with van der Waals surface area (Å²) in [5.74, 6) is 0. The van der Waals surface area contributed by atoms with Gasteiger partial charge in [-0.1, -0.05) is 91.8 Å². The average molecular weight is 391 g/mol. The summed E-state index contributed by atoms with van der Waals surface area (Å²) in [7, 11) is 2.46. The first-order chi connectivity index (χ1) is 12.9. The van der Waals surface area contributed by atoms with E-state index in [0.717, 1.165) is 0 Å². The lowest BCUT2D eigenvalue weighted by molar-refractivity contribution is 0.296. The second kappa shape index (κ2) is 15.5. The Labute approximate surface area is 167 Å². The van der Waals surface area contributed by atoms with Crippen molar-refractivity contribution in [1.82, 2.24) is 10.6 Å². The van der Waals surface area contributed by atoms with Crippen molar-refractivity contribution in [2.75, 3.05) is 40.4 Å². The predicted molar refractivity (Wildman–Crippen MR) is 121 cm³/mol. The van der Waals surface area contributed by atoms with E-state index in [4.69, 9.17) is 10.2 Å². The van der Waals surface area contributed by atoms with Gasteiger partial charge in [-0.25, -0.2) is 0 Å². The zero-order chi connectivity index (χ0) is 20.5. The Morgan fingerprint density at radius 2 is 1.04 bits per heavy atom. The van der Waals surface area contributed by atoms with Gasteiger partial charge in [-0.3, -0.25) is 0 Å². The first kappa shape index (κ1) is 25.5. The van der Waals surface area contributed by atoms with Crippen LogP contribution in [0.25, 0.3) is 0 Å². The Morgan fingerprint density at radius 1 is 0.704 bits per heavy atom. The van der Waals surface area contributed by atoms with Gasteiger partial charge in [0.25, 0.3) is 0 Å². The monoisotopic (exact) mass is 390 g/mol. The summed E-state index contributed by atoms with van der Waals surface area (Å²) >= 11 is 0. The summed E-state index contributed by atoms with van der Waals surface area (Å²) in [6.45, 7) is 8.95. The molecule has 0 unspecified atom stereocenters. The highest BCUT2D eigenvalue weighted by molar-refractivity contribution is 6.87. The highest BCUT2D eigenvalue weighted by Gasteiger charge is 2.29. The zero-order valence-corrected chi connectivity index (χ0v) is 18.7. The van der Waals surface area contributed by atoms with Crippen LogP contribution in [0.15, 0.2) is 60.7 Å². The van der Waals surface area contributed by atoms with Crippen LogP contribution in [0.3, 0.4) is 0 Å². The SMILES string of the molecule is CC(C)(C)[SiH](c1ccccc1)c1ccccc1.CNCCO.CNCCO. The zero-order valence-electron chi connectivity index (χ0n) is 17.6. The molecular formula is C22H38N2O2Si. The first-order valence-corrected chi connectivity index (χ1v) is 11.3. The molecule has 0 bridgehead atoms. The maximum absolute atomic E-state index is 8.00. The number of hydrogen-bond donors (Lipinski definition) is 4. The van der Waals surface area contributed by atoms with Crippen molar-refractivity contribution in [2.45, 2.75) is 25.8 Å². The van der Waals surface area contributed by atoms with Gasteiger partial charge in [0.05, 0.1) is 13.2 Å². The number of rotatable bonds is 6. The van der Waals surface area contributed by atoms with Gasteiger partial charge in [0.2, 0.25) is 0 Å². The molecule has 5 heteroatoms. The molecule has 0 aliphatic carbocycles. The molecule has 27 heavy (non-hydrogen) atoms. The molecule has 152 valence electrons. The van der Waals surface area contributed by atoms with Crippen molar-refractivity contribution in [3.05, 3.63) is 60.7 Å². The van der Waals surface area contributed by atoms with Gasteiger partial charge < -0.3 is 20.8 Å². The normalized spacial score (nSPS) is 10.5. The molecule has 2 aromatic carbocycles. The second-order valence-electron chi connectivity index (χ2n) is 7.27.